The SMILES string of the molecule is CCOC(=O)NCc1cncnc1. The molecule has 0 fully saturated rings. The lowest BCUT2D eigenvalue weighted by atomic mass is 10.3. The van der Waals surface area contributed by atoms with Crippen LogP contribution in [0.5, 0.6) is 0 Å². The molecule has 1 aromatic rings. The van der Waals surface area contributed by atoms with Gasteiger partial charge in [0.1, 0.15) is 6.33 Å². The molecule has 0 radical (unpaired) electrons. The summed E-state index contributed by atoms with van der Waals surface area (Å²) >= 11 is 0. The second-order valence-electron chi connectivity index (χ2n) is 2.32. The number of nitrogens with one attached hydrogen (secondary N) is 1. The summed E-state index contributed by atoms with van der Waals surface area (Å²) in [6.07, 6.45) is 4.29. The molecule has 5 nitrogen and oxygen atoms in total. The molecule has 0 aliphatic carbocycles. The quantitative estimate of drug-likeness (QED) is 0.746. The van der Waals surface area contributed by atoms with E-state index in [1.54, 1.807) is 19.3 Å². The number of nitrogens with zero attached hydrogens (tertiary/aromatic N) is 2. The van der Waals surface area contributed by atoms with E-state index in [9.17, 15) is 4.79 Å². The Hall–Kier alpha value is -1.65. The Morgan fingerprint density at radius 1 is 1.54 bits per heavy atom. The van der Waals surface area contributed by atoms with E-state index in [0.717, 1.165) is 5.56 Å². The number of ether oxygens (including phenoxy) is 1. The molecule has 70 valence electrons. The van der Waals surface area contributed by atoms with E-state index in [-0.39, 0.29) is 0 Å². The maximum atomic E-state index is 10.8. The maximum absolute atomic E-state index is 10.8. The van der Waals surface area contributed by atoms with Crippen molar-refractivity contribution in [2.24, 2.45) is 0 Å². The average molecular weight is 181 g/mol. The highest BCUT2D eigenvalue weighted by molar-refractivity contribution is 5.67. The largest absolute Gasteiger partial charge is 0.450 e. The van der Waals surface area contributed by atoms with E-state index in [2.05, 4.69) is 20.0 Å². The van der Waals surface area contributed by atoms with Gasteiger partial charge in [0, 0.05) is 24.5 Å². The first kappa shape index (κ1) is 9.44. The van der Waals surface area contributed by atoms with Gasteiger partial charge in [0.2, 0.25) is 0 Å². The van der Waals surface area contributed by atoms with E-state index in [1.807, 2.05) is 0 Å². The molecule has 0 saturated heterocycles. The van der Waals surface area contributed by atoms with Crippen LogP contribution in [0.1, 0.15) is 12.5 Å². The number of hydrogen-bond acceptors (Lipinski definition) is 4. The molecule has 1 heterocycles. The standard InChI is InChI=1S/C8H11N3O2/c1-2-13-8(12)11-5-7-3-9-6-10-4-7/h3-4,6H,2,5H2,1H3,(H,11,12). The highest BCUT2D eigenvalue weighted by atomic mass is 16.5. The monoisotopic (exact) mass is 181 g/mol. The van der Waals surface area contributed by atoms with Crippen molar-refractivity contribution in [3.8, 4) is 0 Å². The molecule has 1 aromatic heterocycles. The Bertz CT molecular complexity index is 263. The molecule has 0 bridgehead atoms. The number of hydrogen-bond donors (Lipinski definition) is 1. The van der Waals surface area contributed by atoms with Gasteiger partial charge >= 0.3 is 6.09 Å². The molecule has 0 spiro atoms. The van der Waals surface area contributed by atoms with E-state index in [1.165, 1.54) is 6.33 Å². The molecule has 13 heavy (non-hydrogen) atoms. The summed E-state index contributed by atoms with van der Waals surface area (Å²) in [5.74, 6) is 0. The van der Waals surface area contributed by atoms with Crippen molar-refractivity contribution in [3.05, 3.63) is 24.3 Å². The summed E-state index contributed by atoms with van der Waals surface area (Å²) in [6.45, 7) is 2.52. The molecular weight excluding hydrogens is 170 g/mol. The van der Waals surface area contributed by atoms with Crippen LogP contribution in [0.3, 0.4) is 0 Å². The van der Waals surface area contributed by atoms with Gasteiger partial charge in [0.15, 0.2) is 0 Å². The third-order valence-corrected chi connectivity index (χ3v) is 1.33. The topological polar surface area (TPSA) is 64.1 Å². The van der Waals surface area contributed by atoms with E-state index >= 15 is 0 Å². The summed E-state index contributed by atoms with van der Waals surface area (Å²) in [5.41, 5.74) is 0.843. The summed E-state index contributed by atoms with van der Waals surface area (Å²) in [4.78, 5) is 18.5. The lowest BCUT2D eigenvalue weighted by Gasteiger charge is -2.03. The van der Waals surface area contributed by atoms with Crippen molar-refractivity contribution >= 4 is 6.09 Å². The Labute approximate surface area is 76.2 Å². The third-order valence-electron chi connectivity index (χ3n) is 1.33. The van der Waals surface area contributed by atoms with E-state index < -0.39 is 6.09 Å². The number of alkyl carbamates (subject to hydrolysis) is 1. The summed E-state index contributed by atoms with van der Waals surface area (Å²) < 4.78 is 4.67. The summed E-state index contributed by atoms with van der Waals surface area (Å²) in [6, 6.07) is 0. The zero-order chi connectivity index (χ0) is 9.52. The Balaban J connectivity index is 2.31. The van der Waals surface area contributed by atoms with Gasteiger partial charge < -0.3 is 10.1 Å². The fourth-order valence-corrected chi connectivity index (χ4v) is 0.778. The number of carbonyl (C=O) groups is 1. The lowest BCUT2D eigenvalue weighted by molar-refractivity contribution is 0.151. The minimum Gasteiger partial charge on any atom is -0.450 e. The fraction of sp³-hybridized carbons (Fsp3) is 0.375. The van der Waals surface area contributed by atoms with Gasteiger partial charge in [-0.15, -0.1) is 0 Å². The van der Waals surface area contributed by atoms with Crippen LogP contribution < -0.4 is 5.32 Å². The van der Waals surface area contributed by atoms with Crippen LogP contribution in [-0.4, -0.2) is 22.7 Å². The van der Waals surface area contributed by atoms with Gasteiger partial charge in [-0.3, -0.25) is 0 Å². The van der Waals surface area contributed by atoms with Crippen LogP contribution in [0.2, 0.25) is 0 Å². The molecule has 0 aliphatic heterocycles. The van der Waals surface area contributed by atoms with Crippen molar-refractivity contribution in [3.63, 3.8) is 0 Å². The Kier molecular flexibility index (Phi) is 3.69. The van der Waals surface area contributed by atoms with Crippen molar-refractivity contribution in [2.75, 3.05) is 6.61 Å². The Morgan fingerprint density at radius 2 is 2.23 bits per heavy atom. The zero-order valence-corrected chi connectivity index (χ0v) is 7.36. The first-order chi connectivity index (χ1) is 6.33. The maximum Gasteiger partial charge on any atom is 0.407 e. The molecule has 0 aliphatic rings. The first-order valence-corrected chi connectivity index (χ1v) is 3.97. The van der Waals surface area contributed by atoms with Crippen LogP contribution in [0, 0.1) is 0 Å². The molecular formula is C8H11N3O2. The second-order valence-corrected chi connectivity index (χ2v) is 2.32. The van der Waals surface area contributed by atoms with Crippen molar-refractivity contribution in [2.45, 2.75) is 13.5 Å². The molecule has 1 rings (SSSR count). The molecule has 0 saturated carbocycles. The number of amides is 1. The normalized spacial score (nSPS) is 9.31. The van der Waals surface area contributed by atoms with Crippen molar-refractivity contribution in [1.82, 2.24) is 15.3 Å². The molecule has 0 aromatic carbocycles. The van der Waals surface area contributed by atoms with Gasteiger partial charge in [0.25, 0.3) is 0 Å². The van der Waals surface area contributed by atoms with E-state index in [0.29, 0.717) is 13.2 Å². The summed E-state index contributed by atoms with van der Waals surface area (Å²) in [5, 5.41) is 2.56. The highest BCUT2D eigenvalue weighted by Gasteiger charge is 1.99. The number of carbonyl (C=O) groups excluding carboxylic acids is 1. The molecule has 0 atom stereocenters. The van der Waals surface area contributed by atoms with Crippen molar-refractivity contribution < 1.29 is 9.53 Å². The van der Waals surface area contributed by atoms with Gasteiger partial charge in [-0.05, 0) is 6.92 Å². The van der Waals surface area contributed by atoms with Gasteiger partial charge in [0.05, 0.1) is 6.61 Å². The third kappa shape index (κ3) is 3.50. The molecule has 0 unspecified atom stereocenters. The van der Waals surface area contributed by atoms with Gasteiger partial charge in [-0.1, -0.05) is 0 Å². The minimum atomic E-state index is -0.425. The molecule has 1 N–H and O–H groups in total. The fourth-order valence-electron chi connectivity index (χ4n) is 0.778. The average Bonchev–Trinajstić information content (AvgIpc) is 2.17. The lowest BCUT2D eigenvalue weighted by Crippen LogP contribution is -2.23. The van der Waals surface area contributed by atoms with Crippen LogP contribution in [0.15, 0.2) is 18.7 Å². The van der Waals surface area contributed by atoms with E-state index in [4.69, 9.17) is 0 Å². The first-order valence-electron chi connectivity index (χ1n) is 3.97. The van der Waals surface area contributed by atoms with Crippen LogP contribution in [-0.2, 0) is 11.3 Å². The van der Waals surface area contributed by atoms with Crippen LogP contribution in [0.25, 0.3) is 0 Å². The summed E-state index contributed by atoms with van der Waals surface area (Å²) in [7, 11) is 0. The Morgan fingerprint density at radius 3 is 2.85 bits per heavy atom. The smallest absolute Gasteiger partial charge is 0.407 e. The highest BCUT2D eigenvalue weighted by Crippen LogP contribution is 1.91. The van der Waals surface area contributed by atoms with Crippen LogP contribution >= 0.6 is 0 Å². The zero-order valence-electron chi connectivity index (χ0n) is 7.36. The minimum absolute atomic E-state index is 0.372. The number of aromatic nitrogens is 2. The second kappa shape index (κ2) is 5.08. The molecule has 5 heteroatoms. The predicted octanol–water partition coefficient (Wildman–Crippen LogP) is 0.723. The van der Waals surface area contributed by atoms with Crippen LogP contribution in [0.4, 0.5) is 4.79 Å². The van der Waals surface area contributed by atoms with Gasteiger partial charge in [-0.2, -0.15) is 0 Å². The van der Waals surface area contributed by atoms with Crippen molar-refractivity contribution in [1.29, 1.82) is 0 Å². The van der Waals surface area contributed by atoms with Gasteiger partial charge in [-0.25, -0.2) is 14.8 Å². The predicted molar refractivity (Wildman–Crippen MR) is 45.9 cm³/mol. The number of rotatable bonds is 3. The molecule has 1 amide bonds.